The number of carboxylic acids is 1. The molecule has 0 bridgehead atoms. The van der Waals surface area contributed by atoms with E-state index in [2.05, 4.69) is 10.6 Å². The first-order valence-electron chi connectivity index (χ1n) is 8.00. The van der Waals surface area contributed by atoms with E-state index in [-0.39, 0.29) is 11.5 Å². The molecule has 3 N–H and O–H groups in total. The van der Waals surface area contributed by atoms with Crippen molar-refractivity contribution in [2.24, 2.45) is 0 Å². The Kier molecular flexibility index (Phi) is 6.51. The van der Waals surface area contributed by atoms with E-state index in [4.69, 9.17) is 5.11 Å². The quantitative estimate of drug-likeness (QED) is 0.697. The van der Waals surface area contributed by atoms with Gasteiger partial charge in [-0.05, 0) is 41.8 Å². The fraction of sp³-hybridized carbons (Fsp3) is 0.263. The first-order valence-corrected chi connectivity index (χ1v) is 8.00. The van der Waals surface area contributed by atoms with E-state index in [1.165, 1.54) is 0 Å². The molecule has 5 heteroatoms. The van der Waals surface area contributed by atoms with Crippen LogP contribution in [-0.4, -0.2) is 23.5 Å². The number of nitrogens with one attached hydrogen (secondary N) is 2. The maximum absolute atomic E-state index is 12.0. The van der Waals surface area contributed by atoms with E-state index >= 15 is 0 Å². The van der Waals surface area contributed by atoms with Gasteiger partial charge in [-0.1, -0.05) is 31.2 Å². The van der Waals surface area contributed by atoms with Crippen molar-refractivity contribution in [3.63, 3.8) is 0 Å². The predicted octanol–water partition coefficient (Wildman–Crippen LogP) is 2.81. The highest BCUT2D eigenvalue weighted by molar-refractivity contribution is 5.94. The van der Waals surface area contributed by atoms with Crippen molar-refractivity contribution < 1.29 is 14.7 Å². The van der Waals surface area contributed by atoms with Crippen LogP contribution in [0.15, 0.2) is 48.5 Å². The number of rotatable bonds is 8. The summed E-state index contributed by atoms with van der Waals surface area (Å²) in [4.78, 5) is 22.8. The van der Waals surface area contributed by atoms with Crippen LogP contribution in [0.2, 0.25) is 0 Å². The third-order valence-corrected chi connectivity index (χ3v) is 3.58. The van der Waals surface area contributed by atoms with Gasteiger partial charge in [0.2, 0.25) is 0 Å². The molecule has 0 saturated carbocycles. The van der Waals surface area contributed by atoms with Crippen molar-refractivity contribution in [1.29, 1.82) is 0 Å². The second-order valence-corrected chi connectivity index (χ2v) is 5.56. The molecule has 5 nitrogen and oxygen atoms in total. The molecule has 2 aromatic rings. The average Bonchev–Trinajstić information content (AvgIpc) is 2.60. The minimum Gasteiger partial charge on any atom is -0.478 e. The standard InChI is InChI=1S/C19H22N2O3/c1-2-10-21-18(22)17-5-3-4-15(11-17)13-20-12-14-6-8-16(9-7-14)19(23)24/h3-9,11,20H,2,10,12-13H2,1H3,(H,21,22)(H,23,24). The van der Waals surface area contributed by atoms with Crippen LogP contribution < -0.4 is 10.6 Å². The lowest BCUT2D eigenvalue weighted by molar-refractivity contribution is 0.0696. The van der Waals surface area contributed by atoms with Crippen LogP contribution in [0.25, 0.3) is 0 Å². The van der Waals surface area contributed by atoms with E-state index in [0.29, 0.717) is 25.2 Å². The number of carbonyl (C=O) groups is 2. The molecule has 1 amide bonds. The van der Waals surface area contributed by atoms with Crippen molar-refractivity contribution in [2.75, 3.05) is 6.54 Å². The Morgan fingerprint density at radius 2 is 1.67 bits per heavy atom. The third-order valence-electron chi connectivity index (χ3n) is 3.58. The second kappa shape index (κ2) is 8.84. The normalized spacial score (nSPS) is 10.4. The summed E-state index contributed by atoms with van der Waals surface area (Å²) in [6.07, 6.45) is 0.910. The predicted molar refractivity (Wildman–Crippen MR) is 93.0 cm³/mol. The van der Waals surface area contributed by atoms with Crippen molar-refractivity contribution in [3.8, 4) is 0 Å². The molecular formula is C19H22N2O3. The maximum Gasteiger partial charge on any atom is 0.335 e. The van der Waals surface area contributed by atoms with Crippen molar-refractivity contribution in [1.82, 2.24) is 10.6 Å². The van der Waals surface area contributed by atoms with Crippen LogP contribution >= 0.6 is 0 Å². The molecule has 0 aromatic heterocycles. The highest BCUT2D eigenvalue weighted by Gasteiger charge is 2.05. The fourth-order valence-corrected chi connectivity index (χ4v) is 2.28. The molecule has 0 unspecified atom stereocenters. The van der Waals surface area contributed by atoms with Crippen molar-refractivity contribution >= 4 is 11.9 Å². The van der Waals surface area contributed by atoms with Crippen molar-refractivity contribution in [3.05, 3.63) is 70.8 Å². The Morgan fingerprint density at radius 3 is 2.33 bits per heavy atom. The van der Waals surface area contributed by atoms with E-state index in [1.807, 2.05) is 25.1 Å². The molecule has 126 valence electrons. The van der Waals surface area contributed by atoms with E-state index in [1.54, 1.807) is 30.3 Å². The Bertz CT molecular complexity index is 696. The lowest BCUT2D eigenvalue weighted by Gasteiger charge is -2.08. The summed E-state index contributed by atoms with van der Waals surface area (Å²) in [6, 6.07) is 14.3. The molecule has 0 radical (unpaired) electrons. The van der Waals surface area contributed by atoms with Crippen LogP contribution in [-0.2, 0) is 13.1 Å². The first kappa shape index (κ1) is 17.7. The molecule has 0 aliphatic carbocycles. The molecule has 24 heavy (non-hydrogen) atoms. The number of hydrogen-bond donors (Lipinski definition) is 3. The maximum atomic E-state index is 12.0. The van der Waals surface area contributed by atoms with Crippen molar-refractivity contribution in [2.45, 2.75) is 26.4 Å². The van der Waals surface area contributed by atoms with Gasteiger partial charge in [0.1, 0.15) is 0 Å². The largest absolute Gasteiger partial charge is 0.478 e. The van der Waals surface area contributed by atoms with Gasteiger partial charge < -0.3 is 15.7 Å². The molecule has 0 aliphatic heterocycles. The third kappa shape index (κ3) is 5.21. The number of carboxylic acid groups (broad SMARTS) is 1. The molecule has 0 atom stereocenters. The number of aromatic carboxylic acids is 1. The summed E-state index contributed by atoms with van der Waals surface area (Å²) in [5.41, 5.74) is 2.98. The summed E-state index contributed by atoms with van der Waals surface area (Å²) in [6.45, 7) is 3.96. The zero-order chi connectivity index (χ0) is 17.4. The lowest BCUT2D eigenvalue weighted by atomic mass is 10.1. The molecule has 0 saturated heterocycles. The van der Waals surface area contributed by atoms with Crippen LogP contribution in [0.3, 0.4) is 0 Å². The van der Waals surface area contributed by atoms with Gasteiger partial charge in [0.05, 0.1) is 5.56 Å². The SMILES string of the molecule is CCCNC(=O)c1cccc(CNCc2ccc(C(=O)O)cc2)c1. The molecule has 2 rings (SSSR count). The number of hydrogen-bond acceptors (Lipinski definition) is 3. The Balaban J connectivity index is 1.88. The summed E-state index contributed by atoms with van der Waals surface area (Å²) in [5.74, 6) is -0.976. The molecule has 0 heterocycles. The van der Waals surface area contributed by atoms with Gasteiger partial charge in [-0.25, -0.2) is 4.79 Å². The van der Waals surface area contributed by atoms with E-state index in [0.717, 1.165) is 17.5 Å². The minimum atomic E-state index is -0.923. The van der Waals surface area contributed by atoms with Gasteiger partial charge in [-0.2, -0.15) is 0 Å². The molecule has 0 fully saturated rings. The monoisotopic (exact) mass is 326 g/mol. The number of amides is 1. The molecule has 0 spiro atoms. The summed E-state index contributed by atoms with van der Waals surface area (Å²) >= 11 is 0. The topological polar surface area (TPSA) is 78.4 Å². The lowest BCUT2D eigenvalue weighted by Crippen LogP contribution is -2.24. The average molecular weight is 326 g/mol. The van der Waals surface area contributed by atoms with Gasteiger partial charge in [0.25, 0.3) is 5.91 Å². The fourth-order valence-electron chi connectivity index (χ4n) is 2.28. The van der Waals surface area contributed by atoms with Gasteiger partial charge in [-0.3, -0.25) is 4.79 Å². The first-order chi connectivity index (χ1) is 11.6. The van der Waals surface area contributed by atoms with Crippen LogP contribution in [0.1, 0.15) is 45.2 Å². The van der Waals surface area contributed by atoms with Crippen LogP contribution in [0, 0.1) is 0 Å². The highest BCUT2D eigenvalue weighted by atomic mass is 16.4. The summed E-state index contributed by atoms with van der Waals surface area (Å²) in [7, 11) is 0. The Morgan fingerprint density at radius 1 is 0.958 bits per heavy atom. The number of carbonyl (C=O) groups excluding carboxylic acids is 1. The Labute approximate surface area is 141 Å². The minimum absolute atomic E-state index is 0.0528. The van der Waals surface area contributed by atoms with Gasteiger partial charge in [0, 0.05) is 25.2 Å². The van der Waals surface area contributed by atoms with Gasteiger partial charge in [-0.15, -0.1) is 0 Å². The molecule has 0 aliphatic rings. The molecular weight excluding hydrogens is 304 g/mol. The zero-order valence-electron chi connectivity index (χ0n) is 13.7. The van der Waals surface area contributed by atoms with E-state index in [9.17, 15) is 9.59 Å². The Hall–Kier alpha value is -2.66. The van der Waals surface area contributed by atoms with Gasteiger partial charge >= 0.3 is 5.97 Å². The van der Waals surface area contributed by atoms with E-state index < -0.39 is 5.97 Å². The molecule has 2 aromatic carbocycles. The summed E-state index contributed by atoms with van der Waals surface area (Å²) in [5, 5.41) is 15.0. The van der Waals surface area contributed by atoms with Gasteiger partial charge in [0.15, 0.2) is 0 Å². The summed E-state index contributed by atoms with van der Waals surface area (Å²) < 4.78 is 0. The van der Waals surface area contributed by atoms with Crippen LogP contribution in [0.4, 0.5) is 0 Å². The number of benzene rings is 2. The van der Waals surface area contributed by atoms with Crippen LogP contribution in [0.5, 0.6) is 0 Å². The smallest absolute Gasteiger partial charge is 0.335 e. The zero-order valence-corrected chi connectivity index (χ0v) is 13.7. The highest BCUT2D eigenvalue weighted by Crippen LogP contribution is 2.07. The second-order valence-electron chi connectivity index (χ2n) is 5.56.